The molecule has 0 spiro atoms. The van der Waals surface area contributed by atoms with Crippen LogP contribution in [0.3, 0.4) is 0 Å². The summed E-state index contributed by atoms with van der Waals surface area (Å²) >= 11 is 0. The molecule has 4 saturated carbocycles. The van der Waals surface area contributed by atoms with Crippen molar-refractivity contribution in [2.24, 2.45) is 34.5 Å². The van der Waals surface area contributed by atoms with Gasteiger partial charge in [0.1, 0.15) is 5.78 Å². The number of hydrogen-bond donors (Lipinski definition) is 2. The van der Waals surface area contributed by atoms with Gasteiger partial charge in [-0.15, -0.1) is 0 Å². The molecule has 31 heavy (non-hydrogen) atoms. The number of hydrogen-bond acceptors (Lipinski definition) is 5. The van der Waals surface area contributed by atoms with Crippen LogP contribution >= 0.6 is 0 Å². The van der Waals surface area contributed by atoms with Crippen LogP contribution in [0.15, 0.2) is 27.6 Å². The van der Waals surface area contributed by atoms with E-state index in [1.54, 1.807) is 13.2 Å². The van der Waals surface area contributed by atoms with Crippen LogP contribution in [0.1, 0.15) is 83.6 Å². The van der Waals surface area contributed by atoms with Gasteiger partial charge in [0, 0.05) is 17.4 Å². The van der Waals surface area contributed by atoms with Crippen molar-refractivity contribution in [3.63, 3.8) is 0 Å². The molecule has 5 nitrogen and oxygen atoms in total. The predicted molar refractivity (Wildman–Crippen MR) is 116 cm³/mol. The molecule has 0 radical (unpaired) electrons. The number of ketones is 1. The Balaban J connectivity index is 1.52. The molecule has 1 unspecified atom stereocenters. The smallest absolute Gasteiger partial charge is 0.335 e. The van der Waals surface area contributed by atoms with Gasteiger partial charge in [-0.25, -0.2) is 4.79 Å². The van der Waals surface area contributed by atoms with Gasteiger partial charge in [-0.05, 0) is 99.0 Å². The second-order valence-electron chi connectivity index (χ2n) is 11.5. The van der Waals surface area contributed by atoms with Crippen LogP contribution in [-0.4, -0.2) is 27.7 Å². The second kappa shape index (κ2) is 7.02. The van der Waals surface area contributed by atoms with Gasteiger partial charge < -0.3 is 14.6 Å². The standard InChI is InChI=1S/C26H36O5/c1-15(27)22-13-18(28)12-17-5-6-21-20(25(17,22)3)8-10-24(2)19(9-11-26(21,24)30)16-4-7-23(29)31-14-16/h4,7,14,17-22,28,30H,5-6,8-13H2,1-3H3/t17-,18-,19-,20+,21-,22?,24-,25+,26+/m1/s1. The summed E-state index contributed by atoms with van der Waals surface area (Å²) in [5, 5.41) is 22.8. The minimum Gasteiger partial charge on any atom is -0.431 e. The summed E-state index contributed by atoms with van der Waals surface area (Å²) in [4.78, 5) is 24.2. The van der Waals surface area contributed by atoms with Crippen molar-refractivity contribution in [2.75, 3.05) is 0 Å². The van der Waals surface area contributed by atoms with E-state index in [0.29, 0.717) is 18.3 Å². The Labute approximate surface area is 184 Å². The second-order valence-corrected chi connectivity index (χ2v) is 11.5. The van der Waals surface area contributed by atoms with Crippen molar-refractivity contribution in [3.8, 4) is 0 Å². The summed E-state index contributed by atoms with van der Waals surface area (Å²) in [6, 6.07) is 3.35. The fourth-order valence-corrected chi connectivity index (χ4v) is 9.01. The highest BCUT2D eigenvalue weighted by Gasteiger charge is 2.68. The van der Waals surface area contributed by atoms with Gasteiger partial charge in [-0.3, -0.25) is 4.79 Å². The number of rotatable bonds is 2. The van der Waals surface area contributed by atoms with E-state index in [4.69, 9.17) is 4.42 Å². The van der Waals surface area contributed by atoms with E-state index in [1.165, 1.54) is 6.07 Å². The third-order valence-corrected chi connectivity index (χ3v) is 10.6. The van der Waals surface area contributed by atoms with E-state index in [1.807, 2.05) is 6.07 Å². The van der Waals surface area contributed by atoms with Crippen LogP contribution < -0.4 is 5.63 Å². The molecule has 0 amide bonds. The van der Waals surface area contributed by atoms with Crippen molar-refractivity contribution in [2.45, 2.75) is 89.8 Å². The molecule has 4 aliphatic carbocycles. The largest absolute Gasteiger partial charge is 0.431 e. The lowest BCUT2D eigenvalue weighted by atomic mass is 9.41. The molecule has 0 aliphatic heterocycles. The molecule has 170 valence electrons. The van der Waals surface area contributed by atoms with Crippen molar-refractivity contribution < 1.29 is 19.4 Å². The van der Waals surface area contributed by atoms with Gasteiger partial charge in [-0.1, -0.05) is 13.8 Å². The normalized spacial score (nSPS) is 49.1. The Hall–Kier alpha value is -1.46. The molecule has 1 heterocycles. The van der Waals surface area contributed by atoms with E-state index >= 15 is 0 Å². The van der Waals surface area contributed by atoms with E-state index in [9.17, 15) is 19.8 Å². The molecule has 1 aromatic heterocycles. The predicted octanol–water partition coefficient (Wildman–Crippen LogP) is 4.06. The summed E-state index contributed by atoms with van der Waals surface area (Å²) in [5.74, 6) is 1.06. The Morgan fingerprint density at radius 2 is 1.84 bits per heavy atom. The lowest BCUT2D eigenvalue weighted by Crippen LogP contribution is -2.64. The zero-order chi connectivity index (χ0) is 22.2. The van der Waals surface area contributed by atoms with E-state index in [-0.39, 0.29) is 46.1 Å². The highest BCUT2D eigenvalue weighted by Crippen LogP contribution is 2.71. The van der Waals surface area contributed by atoms with E-state index in [2.05, 4.69) is 13.8 Å². The minimum atomic E-state index is -0.776. The van der Waals surface area contributed by atoms with Gasteiger partial charge in [0.2, 0.25) is 0 Å². The topological polar surface area (TPSA) is 87.7 Å². The molecular formula is C26H36O5. The number of fused-ring (bicyclic) bond motifs is 5. The van der Waals surface area contributed by atoms with E-state index < -0.39 is 5.60 Å². The molecule has 2 N–H and O–H groups in total. The Morgan fingerprint density at radius 1 is 1.06 bits per heavy atom. The number of aliphatic hydroxyl groups excluding tert-OH is 1. The molecule has 0 saturated heterocycles. The summed E-state index contributed by atoms with van der Waals surface area (Å²) in [5.41, 5.74) is -0.521. The summed E-state index contributed by atoms with van der Waals surface area (Å²) < 4.78 is 5.17. The Kier molecular flexibility index (Phi) is 4.84. The number of carbonyl (C=O) groups is 1. The molecule has 1 aromatic rings. The van der Waals surface area contributed by atoms with Crippen molar-refractivity contribution >= 4 is 5.78 Å². The maximum Gasteiger partial charge on any atom is 0.335 e. The van der Waals surface area contributed by atoms with Gasteiger partial charge >= 0.3 is 5.63 Å². The molecule has 4 fully saturated rings. The first-order valence-electron chi connectivity index (χ1n) is 12.1. The Bertz CT molecular complexity index is 917. The van der Waals surface area contributed by atoms with Crippen LogP contribution in [0.25, 0.3) is 0 Å². The zero-order valence-corrected chi connectivity index (χ0v) is 19.0. The lowest BCUT2D eigenvalue weighted by Gasteiger charge is -2.65. The third kappa shape index (κ3) is 2.81. The molecule has 0 aromatic carbocycles. The molecule has 5 rings (SSSR count). The van der Waals surface area contributed by atoms with Crippen molar-refractivity contribution in [1.82, 2.24) is 0 Å². The lowest BCUT2D eigenvalue weighted by molar-refractivity contribution is -0.217. The van der Waals surface area contributed by atoms with Gasteiger partial charge in [0.15, 0.2) is 0 Å². The first kappa shape index (κ1) is 21.4. The van der Waals surface area contributed by atoms with Crippen LogP contribution in [0.5, 0.6) is 0 Å². The molecule has 0 bridgehead atoms. The minimum absolute atomic E-state index is 0.123. The number of Topliss-reactive ketones (excluding diaryl/α,β-unsaturated/α-hetero) is 1. The molecule has 9 atom stereocenters. The fourth-order valence-electron chi connectivity index (χ4n) is 9.01. The van der Waals surface area contributed by atoms with Crippen LogP contribution in [0.2, 0.25) is 0 Å². The van der Waals surface area contributed by atoms with E-state index in [0.717, 1.165) is 50.5 Å². The molecule has 5 heteroatoms. The van der Waals surface area contributed by atoms with Gasteiger partial charge in [-0.2, -0.15) is 0 Å². The SMILES string of the molecule is CC(=O)C1C[C@H](O)C[C@H]2CC[C@@H]3[C@H](CC[C@]4(C)[C@@H](c5ccc(=O)oc5)CC[C@]34O)[C@@]12C. The summed E-state index contributed by atoms with van der Waals surface area (Å²) in [6.45, 7) is 6.20. The van der Waals surface area contributed by atoms with Crippen molar-refractivity contribution in [1.29, 1.82) is 0 Å². The molecular weight excluding hydrogens is 392 g/mol. The average Bonchev–Trinajstić information content (AvgIpc) is 3.00. The summed E-state index contributed by atoms with van der Waals surface area (Å²) in [6.07, 6.45) is 8.03. The van der Waals surface area contributed by atoms with Crippen molar-refractivity contribution in [3.05, 3.63) is 34.4 Å². The molecule has 4 aliphatic rings. The fraction of sp³-hybridized carbons (Fsp3) is 0.769. The summed E-state index contributed by atoms with van der Waals surface area (Å²) in [7, 11) is 0. The first-order chi connectivity index (χ1) is 14.6. The van der Waals surface area contributed by atoms with Crippen LogP contribution in [-0.2, 0) is 4.79 Å². The average molecular weight is 429 g/mol. The Morgan fingerprint density at radius 3 is 2.52 bits per heavy atom. The van der Waals surface area contributed by atoms with Gasteiger partial charge in [0.05, 0.1) is 18.0 Å². The van der Waals surface area contributed by atoms with Gasteiger partial charge in [0.25, 0.3) is 0 Å². The van der Waals surface area contributed by atoms with Crippen LogP contribution in [0, 0.1) is 34.5 Å². The maximum atomic E-state index is 12.7. The quantitative estimate of drug-likeness (QED) is 0.742. The maximum absolute atomic E-state index is 12.7. The highest BCUT2D eigenvalue weighted by molar-refractivity contribution is 5.79. The van der Waals surface area contributed by atoms with Crippen LogP contribution in [0.4, 0.5) is 0 Å². The monoisotopic (exact) mass is 428 g/mol. The zero-order valence-electron chi connectivity index (χ0n) is 19.0. The highest BCUT2D eigenvalue weighted by atomic mass is 16.4. The third-order valence-electron chi connectivity index (χ3n) is 10.6. The number of aliphatic hydroxyl groups is 2. The number of carbonyl (C=O) groups excluding carboxylic acids is 1. The first-order valence-corrected chi connectivity index (χ1v) is 12.1.